The molecule has 0 spiro atoms. The Bertz CT molecular complexity index is 743. The summed E-state index contributed by atoms with van der Waals surface area (Å²) in [6, 6.07) is 7.43. The molecular formula is C13H11N5O4. The molecule has 1 aromatic heterocycles. The van der Waals surface area contributed by atoms with Crippen molar-refractivity contribution >= 4 is 23.4 Å². The Morgan fingerprint density at radius 2 is 1.95 bits per heavy atom. The zero-order valence-electron chi connectivity index (χ0n) is 11.5. The first-order valence-electron chi connectivity index (χ1n) is 6.12. The molecule has 0 amide bonds. The lowest BCUT2D eigenvalue weighted by atomic mass is 10.1. The monoisotopic (exact) mass is 301 g/mol. The number of nitro benzene ring substituents is 1. The van der Waals surface area contributed by atoms with Gasteiger partial charge in [-0.05, 0) is 13.0 Å². The van der Waals surface area contributed by atoms with E-state index < -0.39 is 9.85 Å². The standard InChI is InChI=1S/C13H11N5O4/c1-9-2-3-10(6-12(9)18(21)22)7-15-16-13-5-4-11(8-14-13)17(19)20/h2-8H,1H3,(H,14,16)/b15-7+. The van der Waals surface area contributed by atoms with Crippen molar-refractivity contribution in [3.63, 3.8) is 0 Å². The van der Waals surface area contributed by atoms with Gasteiger partial charge in [-0.3, -0.25) is 25.7 Å². The van der Waals surface area contributed by atoms with Crippen molar-refractivity contribution in [1.29, 1.82) is 0 Å². The molecular weight excluding hydrogens is 290 g/mol. The van der Waals surface area contributed by atoms with E-state index in [9.17, 15) is 20.2 Å². The van der Waals surface area contributed by atoms with E-state index in [0.717, 1.165) is 6.20 Å². The number of nitrogens with zero attached hydrogens (tertiary/aromatic N) is 4. The maximum Gasteiger partial charge on any atom is 0.287 e. The topological polar surface area (TPSA) is 124 Å². The van der Waals surface area contributed by atoms with Crippen molar-refractivity contribution < 1.29 is 9.85 Å². The number of hydrogen-bond acceptors (Lipinski definition) is 7. The van der Waals surface area contributed by atoms with Crippen LogP contribution in [-0.4, -0.2) is 21.0 Å². The van der Waals surface area contributed by atoms with Crippen LogP contribution in [0.3, 0.4) is 0 Å². The van der Waals surface area contributed by atoms with Gasteiger partial charge < -0.3 is 0 Å². The highest BCUT2D eigenvalue weighted by Crippen LogP contribution is 2.18. The first-order chi connectivity index (χ1) is 10.5. The fourth-order valence-electron chi connectivity index (χ4n) is 1.64. The number of rotatable bonds is 5. The number of hydrogen-bond donors (Lipinski definition) is 1. The fourth-order valence-corrected chi connectivity index (χ4v) is 1.64. The van der Waals surface area contributed by atoms with Gasteiger partial charge in [0.1, 0.15) is 12.0 Å². The molecule has 0 aliphatic carbocycles. The van der Waals surface area contributed by atoms with Gasteiger partial charge in [0.05, 0.1) is 16.1 Å². The maximum absolute atomic E-state index is 10.8. The van der Waals surface area contributed by atoms with Gasteiger partial charge in [-0.15, -0.1) is 0 Å². The van der Waals surface area contributed by atoms with E-state index in [0.29, 0.717) is 16.9 Å². The minimum absolute atomic E-state index is 0.0115. The number of benzene rings is 1. The molecule has 22 heavy (non-hydrogen) atoms. The molecule has 0 aliphatic rings. The molecule has 0 radical (unpaired) electrons. The molecule has 9 nitrogen and oxygen atoms in total. The van der Waals surface area contributed by atoms with Crippen molar-refractivity contribution in [2.75, 3.05) is 5.43 Å². The minimum Gasteiger partial charge on any atom is -0.261 e. The van der Waals surface area contributed by atoms with E-state index in [4.69, 9.17) is 0 Å². The van der Waals surface area contributed by atoms with Crippen LogP contribution in [0, 0.1) is 27.2 Å². The van der Waals surface area contributed by atoms with Gasteiger partial charge in [-0.1, -0.05) is 12.1 Å². The SMILES string of the molecule is Cc1ccc(/C=N/Nc2ccc([N+](=O)[O-])cn2)cc1[N+](=O)[O-]. The summed E-state index contributed by atoms with van der Waals surface area (Å²) < 4.78 is 0. The third kappa shape index (κ3) is 3.60. The van der Waals surface area contributed by atoms with Crippen molar-refractivity contribution in [2.24, 2.45) is 5.10 Å². The quantitative estimate of drug-likeness (QED) is 0.514. The van der Waals surface area contributed by atoms with Crippen molar-refractivity contribution in [3.05, 3.63) is 67.9 Å². The maximum atomic E-state index is 10.8. The molecule has 1 heterocycles. The molecule has 0 aliphatic heterocycles. The molecule has 2 aromatic rings. The lowest BCUT2D eigenvalue weighted by Gasteiger charge is -2.00. The van der Waals surface area contributed by atoms with Crippen LogP contribution >= 0.6 is 0 Å². The summed E-state index contributed by atoms with van der Waals surface area (Å²) in [6.45, 7) is 1.65. The van der Waals surface area contributed by atoms with Crippen LogP contribution in [0.25, 0.3) is 0 Å². The third-order valence-electron chi connectivity index (χ3n) is 2.78. The van der Waals surface area contributed by atoms with E-state index in [2.05, 4.69) is 15.5 Å². The molecule has 9 heteroatoms. The summed E-state index contributed by atoms with van der Waals surface area (Å²) in [6.07, 6.45) is 2.50. The molecule has 0 fully saturated rings. The highest BCUT2D eigenvalue weighted by atomic mass is 16.6. The fraction of sp³-hybridized carbons (Fsp3) is 0.0769. The second-order valence-corrected chi connectivity index (χ2v) is 4.33. The summed E-state index contributed by atoms with van der Waals surface area (Å²) in [5, 5.41) is 25.2. The average Bonchev–Trinajstić information content (AvgIpc) is 2.49. The Hall–Kier alpha value is -3.36. The van der Waals surface area contributed by atoms with Crippen LogP contribution in [0.4, 0.5) is 17.2 Å². The van der Waals surface area contributed by atoms with Gasteiger partial charge >= 0.3 is 0 Å². The molecule has 0 unspecified atom stereocenters. The van der Waals surface area contributed by atoms with Gasteiger partial charge in [-0.25, -0.2) is 4.98 Å². The minimum atomic E-state index is -0.550. The first-order valence-corrected chi connectivity index (χ1v) is 6.12. The van der Waals surface area contributed by atoms with E-state index in [-0.39, 0.29) is 11.4 Å². The number of anilines is 1. The second-order valence-electron chi connectivity index (χ2n) is 4.33. The van der Waals surface area contributed by atoms with Crippen LogP contribution < -0.4 is 5.43 Å². The lowest BCUT2D eigenvalue weighted by molar-refractivity contribution is -0.385. The summed E-state index contributed by atoms with van der Waals surface area (Å²) in [4.78, 5) is 24.1. The van der Waals surface area contributed by atoms with Gasteiger partial charge in [-0.2, -0.15) is 5.10 Å². The predicted molar refractivity (Wildman–Crippen MR) is 79.9 cm³/mol. The Morgan fingerprint density at radius 3 is 2.55 bits per heavy atom. The number of nitrogens with one attached hydrogen (secondary N) is 1. The first kappa shape index (κ1) is 15.0. The summed E-state index contributed by atoms with van der Waals surface area (Å²) in [7, 11) is 0. The highest BCUT2D eigenvalue weighted by Gasteiger charge is 2.10. The van der Waals surface area contributed by atoms with Crippen LogP contribution in [-0.2, 0) is 0 Å². The van der Waals surface area contributed by atoms with Gasteiger partial charge in [0.25, 0.3) is 11.4 Å². The zero-order chi connectivity index (χ0) is 16.1. The van der Waals surface area contributed by atoms with E-state index in [1.54, 1.807) is 19.1 Å². The van der Waals surface area contributed by atoms with Gasteiger partial charge in [0.2, 0.25) is 0 Å². The second kappa shape index (κ2) is 6.39. The Kier molecular flexibility index (Phi) is 4.37. The van der Waals surface area contributed by atoms with Gasteiger partial charge in [0, 0.05) is 23.3 Å². The third-order valence-corrected chi connectivity index (χ3v) is 2.78. The number of hydrazone groups is 1. The van der Waals surface area contributed by atoms with Crippen LogP contribution in [0.5, 0.6) is 0 Å². The van der Waals surface area contributed by atoms with E-state index in [1.807, 2.05) is 0 Å². The Morgan fingerprint density at radius 1 is 1.18 bits per heavy atom. The Labute approximate surface area is 124 Å². The zero-order valence-corrected chi connectivity index (χ0v) is 11.5. The highest BCUT2D eigenvalue weighted by molar-refractivity contribution is 5.81. The van der Waals surface area contributed by atoms with Crippen molar-refractivity contribution in [3.8, 4) is 0 Å². The molecule has 0 bridgehead atoms. The van der Waals surface area contributed by atoms with Crippen molar-refractivity contribution in [2.45, 2.75) is 6.92 Å². The van der Waals surface area contributed by atoms with Crippen LogP contribution in [0.2, 0.25) is 0 Å². The smallest absolute Gasteiger partial charge is 0.261 e. The summed E-state index contributed by atoms with van der Waals surface area (Å²) >= 11 is 0. The summed E-state index contributed by atoms with van der Waals surface area (Å²) in [5.74, 6) is 0.323. The van der Waals surface area contributed by atoms with Crippen molar-refractivity contribution in [1.82, 2.24) is 4.98 Å². The number of aromatic nitrogens is 1. The molecule has 2 rings (SSSR count). The predicted octanol–water partition coefficient (Wildman–Crippen LogP) is 2.65. The lowest BCUT2D eigenvalue weighted by Crippen LogP contribution is -1.96. The average molecular weight is 301 g/mol. The normalized spacial score (nSPS) is 10.6. The van der Waals surface area contributed by atoms with E-state index >= 15 is 0 Å². The number of aryl methyl sites for hydroxylation is 1. The number of pyridine rings is 1. The van der Waals surface area contributed by atoms with Gasteiger partial charge in [0.15, 0.2) is 0 Å². The molecule has 0 saturated heterocycles. The van der Waals surface area contributed by atoms with Crippen LogP contribution in [0.15, 0.2) is 41.6 Å². The largest absolute Gasteiger partial charge is 0.287 e. The van der Waals surface area contributed by atoms with E-state index in [1.165, 1.54) is 24.4 Å². The Balaban J connectivity index is 2.08. The van der Waals surface area contributed by atoms with Crippen LogP contribution in [0.1, 0.15) is 11.1 Å². The summed E-state index contributed by atoms with van der Waals surface area (Å²) in [5.41, 5.74) is 3.59. The molecule has 112 valence electrons. The molecule has 1 N–H and O–H groups in total. The molecule has 0 atom stereocenters. The molecule has 1 aromatic carbocycles. The number of nitro groups is 2. The molecule has 0 saturated carbocycles.